The molecule has 0 fully saturated rings. The number of aromatic nitrogens is 1. The zero-order valence-corrected chi connectivity index (χ0v) is 11.0. The fourth-order valence-corrected chi connectivity index (χ4v) is 2.33. The van der Waals surface area contributed by atoms with Gasteiger partial charge < -0.3 is 14.6 Å². The van der Waals surface area contributed by atoms with Crippen LogP contribution in [0.3, 0.4) is 0 Å². The molecular formula is C12H17N3OS. The number of hydrogen-bond donors (Lipinski definition) is 1. The van der Waals surface area contributed by atoms with E-state index in [1.165, 1.54) is 4.88 Å². The third kappa shape index (κ3) is 3.08. The van der Waals surface area contributed by atoms with E-state index in [0.717, 1.165) is 25.3 Å². The van der Waals surface area contributed by atoms with Crippen LogP contribution >= 0.6 is 11.3 Å². The van der Waals surface area contributed by atoms with Crippen LogP contribution in [0.2, 0.25) is 0 Å². The molecule has 0 saturated carbocycles. The average molecular weight is 251 g/mol. The van der Waals surface area contributed by atoms with Crippen LogP contribution in [-0.4, -0.2) is 18.6 Å². The highest BCUT2D eigenvalue weighted by atomic mass is 32.1. The van der Waals surface area contributed by atoms with Crippen LogP contribution in [0.15, 0.2) is 28.2 Å². The lowest BCUT2D eigenvalue weighted by Crippen LogP contribution is -2.21. The highest BCUT2D eigenvalue weighted by Gasteiger charge is 2.12. The van der Waals surface area contributed by atoms with Gasteiger partial charge in [0.25, 0.3) is 6.01 Å². The van der Waals surface area contributed by atoms with E-state index in [4.69, 9.17) is 4.42 Å². The van der Waals surface area contributed by atoms with Crippen molar-refractivity contribution in [3.05, 3.63) is 34.3 Å². The SMILES string of the molecule is CCN(Cc1cccs1)c1nc(CNC)co1. The maximum atomic E-state index is 5.50. The van der Waals surface area contributed by atoms with Gasteiger partial charge in [-0.15, -0.1) is 11.3 Å². The van der Waals surface area contributed by atoms with E-state index in [-0.39, 0.29) is 0 Å². The van der Waals surface area contributed by atoms with Crippen molar-refractivity contribution in [1.82, 2.24) is 10.3 Å². The molecule has 92 valence electrons. The summed E-state index contributed by atoms with van der Waals surface area (Å²) in [5.41, 5.74) is 0.937. The Labute approximate surface area is 105 Å². The van der Waals surface area contributed by atoms with Crippen molar-refractivity contribution in [3.8, 4) is 0 Å². The minimum Gasteiger partial charge on any atom is -0.432 e. The summed E-state index contributed by atoms with van der Waals surface area (Å²) in [6, 6.07) is 4.90. The Hall–Kier alpha value is -1.33. The molecule has 2 aromatic heterocycles. The van der Waals surface area contributed by atoms with Crippen LogP contribution in [0.1, 0.15) is 17.5 Å². The summed E-state index contributed by atoms with van der Waals surface area (Å²) in [6.45, 7) is 4.58. The molecule has 0 amide bonds. The second-order valence-electron chi connectivity index (χ2n) is 3.75. The van der Waals surface area contributed by atoms with Crippen molar-refractivity contribution in [2.24, 2.45) is 0 Å². The van der Waals surface area contributed by atoms with Gasteiger partial charge in [0.05, 0.1) is 12.2 Å². The molecule has 5 heteroatoms. The zero-order valence-electron chi connectivity index (χ0n) is 10.1. The van der Waals surface area contributed by atoms with Gasteiger partial charge in [-0.3, -0.25) is 0 Å². The number of hydrogen-bond acceptors (Lipinski definition) is 5. The summed E-state index contributed by atoms with van der Waals surface area (Å²) in [4.78, 5) is 7.90. The van der Waals surface area contributed by atoms with Gasteiger partial charge in [-0.2, -0.15) is 4.98 Å². The lowest BCUT2D eigenvalue weighted by atomic mass is 10.4. The lowest BCUT2D eigenvalue weighted by Gasteiger charge is -2.17. The number of nitrogens with zero attached hydrogens (tertiary/aromatic N) is 2. The van der Waals surface area contributed by atoms with E-state index in [0.29, 0.717) is 6.01 Å². The quantitative estimate of drug-likeness (QED) is 0.856. The van der Waals surface area contributed by atoms with Crippen molar-refractivity contribution < 1.29 is 4.42 Å². The Morgan fingerprint density at radius 1 is 1.53 bits per heavy atom. The lowest BCUT2D eigenvalue weighted by molar-refractivity contribution is 0.534. The fourth-order valence-electron chi connectivity index (χ4n) is 1.61. The molecule has 0 bridgehead atoms. The van der Waals surface area contributed by atoms with Crippen LogP contribution in [0.5, 0.6) is 0 Å². The molecule has 2 aromatic rings. The predicted molar refractivity (Wildman–Crippen MR) is 70.3 cm³/mol. The first-order valence-corrected chi connectivity index (χ1v) is 6.57. The molecule has 0 aliphatic heterocycles. The minimum absolute atomic E-state index is 0.700. The molecule has 2 rings (SSSR count). The first-order valence-electron chi connectivity index (χ1n) is 5.69. The van der Waals surface area contributed by atoms with Crippen LogP contribution in [0.4, 0.5) is 6.01 Å². The van der Waals surface area contributed by atoms with Gasteiger partial charge in [-0.05, 0) is 25.4 Å². The molecule has 0 atom stereocenters. The standard InChI is InChI=1S/C12H17N3OS/c1-3-15(8-11-5-4-6-17-11)12-14-10(7-13-2)9-16-12/h4-6,9,13H,3,7-8H2,1-2H3. The monoisotopic (exact) mass is 251 g/mol. The zero-order chi connectivity index (χ0) is 12.1. The van der Waals surface area contributed by atoms with E-state index in [1.807, 2.05) is 7.05 Å². The Morgan fingerprint density at radius 2 is 2.41 bits per heavy atom. The Morgan fingerprint density at radius 3 is 3.06 bits per heavy atom. The third-order valence-corrected chi connectivity index (χ3v) is 3.34. The van der Waals surface area contributed by atoms with Gasteiger partial charge in [0, 0.05) is 18.0 Å². The Kier molecular flexibility index (Phi) is 4.17. The molecule has 0 unspecified atom stereocenters. The molecule has 0 spiro atoms. The number of thiophene rings is 1. The smallest absolute Gasteiger partial charge is 0.297 e. The molecule has 2 heterocycles. The molecule has 0 saturated heterocycles. The molecule has 0 aliphatic rings. The first-order chi connectivity index (χ1) is 8.33. The van der Waals surface area contributed by atoms with Crippen molar-refractivity contribution in [2.75, 3.05) is 18.5 Å². The van der Waals surface area contributed by atoms with E-state index >= 15 is 0 Å². The van der Waals surface area contributed by atoms with E-state index in [9.17, 15) is 0 Å². The van der Waals surface area contributed by atoms with Crippen molar-refractivity contribution in [3.63, 3.8) is 0 Å². The summed E-state index contributed by atoms with van der Waals surface area (Å²) < 4.78 is 5.50. The highest BCUT2D eigenvalue weighted by Crippen LogP contribution is 2.18. The van der Waals surface area contributed by atoms with Crippen LogP contribution in [-0.2, 0) is 13.1 Å². The van der Waals surface area contributed by atoms with Crippen molar-refractivity contribution in [1.29, 1.82) is 0 Å². The summed E-state index contributed by atoms with van der Waals surface area (Å²) in [5.74, 6) is 0. The summed E-state index contributed by atoms with van der Waals surface area (Å²) in [5, 5.41) is 5.15. The summed E-state index contributed by atoms with van der Waals surface area (Å²) >= 11 is 1.75. The van der Waals surface area contributed by atoms with Crippen molar-refractivity contribution in [2.45, 2.75) is 20.0 Å². The minimum atomic E-state index is 0.700. The largest absolute Gasteiger partial charge is 0.432 e. The van der Waals surface area contributed by atoms with Crippen molar-refractivity contribution >= 4 is 17.4 Å². The van der Waals surface area contributed by atoms with E-state index < -0.39 is 0 Å². The Bertz CT molecular complexity index is 438. The van der Waals surface area contributed by atoms with Gasteiger partial charge in [0.15, 0.2) is 0 Å². The normalized spacial score (nSPS) is 10.7. The second kappa shape index (κ2) is 5.84. The number of rotatable bonds is 6. The maximum Gasteiger partial charge on any atom is 0.297 e. The fraction of sp³-hybridized carbons (Fsp3) is 0.417. The number of oxazole rings is 1. The predicted octanol–water partition coefficient (Wildman–Crippen LogP) is 2.48. The average Bonchev–Trinajstić information content (AvgIpc) is 2.97. The molecule has 0 aromatic carbocycles. The van der Waals surface area contributed by atoms with Crippen LogP contribution in [0, 0.1) is 0 Å². The van der Waals surface area contributed by atoms with Crippen LogP contribution < -0.4 is 10.2 Å². The van der Waals surface area contributed by atoms with Gasteiger partial charge in [0.1, 0.15) is 6.26 Å². The molecular weight excluding hydrogens is 234 g/mol. The third-order valence-electron chi connectivity index (χ3n) is 2.48. The topological polar surface area (TPSA) is 41.3 Å². The van der Waals surface area contributed by atoms with Gasteiger partial charge >= 0.3 is 0 Å². The molecule has 4 nitrogen and oxygen atoms in total. The second-order valence-corrected chi connectivity index (χ2v) is 4.78. The van der Waals surface area contributed by atoms with E-state index in [1.54, 1.807) is 17.6 Å². The highest BCUT2D eigenvalue weighted by molar-refractivity contribution is 7.09. The summed E-state index contributed by atoms with van der Waals surface area (Å²) in [6.07, 6.45) is 1.71. The number of anilines is 1. The first kappa shape index (κ1) is 12.1. The molecule has 0 aliphatic carbocycles. The van der Waals surface area contributed by atoms with Crippen LogP contribution in [0.25, 0.3) is 0 Å². The summed E-state index contributed by atoms with van der Waals surface area (Å²) in [7, 11) is 1.90. The molecule has 1 N–H and O–H groups in total. The van der Waals surface area contributed by atoms with Gasteiger partial charge in [-0.25, -0.2) is 0 Å². The van der Waals surface area contributed by atoms with Gasteiger partial charge in [0.2, 0.25) is 0 Å². The molecule has 17 heavy (non-hydrogen) atoms. The van der Waals surface area contributed by atoms with Gasteiger partial charge in [-0.1, -0.05) is 6.07 Å². The number of nitrogens with one attached hydrogen (secondary N) is 1. The Balaban J connectivity index is 2.06. The molecule has 0 radical (unpaired) electrons. The maximum absolute atomic E-state index is 5.50. The van der Waals surface area contributed by atoms with E-state index in [2.05, 4.69) is 39.6 Å².